The molecule has 0 aliphatic rings. The maximum absolute atomic E-state index is 9.03. The summed E-state index contributed by atoms with van der Waals surface area (Å²) < 4.78 is 0. The van der Waals surface area contributed by atoms with Crippen molar-refractivity contribution in [2.45, 2.75) is 64.5 Å². The van der Waals surface area contributed by atoms with E-state index in [0.717, 1.165) is 0 Å². The van der Waals surface area contributed by atoms with E-state index >= 15 is 0 Å². The van der Waals surface area contributed by atoms with Gasteiger partial charge in [-0.05, 0) is 18.4 Å². The fraction of sp³-hybridized carbons (Fsp3) is 0.588. The van der Waals surface area contributed by atoms with Crippen LogP contribution in [0.4, 0.5) is 0 Å². The summed E-state index contributed by atoms with van der Waals surface area (Å²) in [5, 5.41) is 12.7. The zero-order valence-corrected chi connectivity index (χ0v) is 12.2. The van der Waals surface area contributed by atoms with Crippen molar-refractivity contribution >= 4 is 0 Å². The van der Waals surface area contributed by atoms with E-state index in [-0.39, 0.29) is 6.04 Å². The van der Waals surface area contributed by atoms with Crippen molar-refractivity contribution in [2.75, 3.05) is 0 Å². The lowest BCUT2D eigenvalue weighted by Gasteiger charge is -2.24. The van der Waals surface area contributed by atoms with E-state index in [0.29, 0.717) is 12.5 Å². The Morgan fingerprint density at radius 1 is 1.11 bits per heavy atom. The molecule has 0 spiro atoms. The molecule has 0 heterocycles. The standard InChI is InChI=1S/C17H26N2/c1-3-5-12-16(9-4-2)19-17(13-14-18)15-10-7-6-8-11-15/h6-8,10-11,16-17,19H,3-5,9,12-13H2,1-2H3. The first kappa shape index (κ1) is 15.7. The summed E-state index contributed by atoms with van der Waals surface area (Å²) in [6.07, 6.45) is 6.61. The fourth-order valence-electron chi connectivity index (χ4n) is 2.44. The van der Waals surface area contributed by atoms with Crippen molar-refractivity contribution in [2.24, 2.45) is 0 Å². The van der Waals surface area contributed by atoms with Crippen LogP contribution in [0.5, 0.6) is 0 Å². The van der Waals surface area contributed by atoms with Gasteiger partial charge in [0.2, 0.25) is 0 Å². The Kier molecular flexibility index (Phi) is 7.93. The average molecular weight is 258 g/mol. The highest BCUT2D eigenvalue weighted by Crippen LogP contribution is 2.19. The first-order valence-electron chi connectivity index (χ1n) is 7.49. The molecule has 1 rings (SSSR count). The Morgan fingerprint density at radius 3 is 2.42 bits per heavy atom. The first-order chi connectivity index (χ1) is 9.31. The Balaban J connectivity index is 2.67. The van der Waals surface area contributed by atoms with Crippen LogP contribution in [0, 0.1) is 11.3 Å². The summed E-state index contributed by atoms with van der Waals surface area (Å²) in [6, 6.07) is 13.3. The van der Waals surface area contributed by atoms with E-state index in [1.165, 1.54) is 37.7 Å². The molecule has 19 heavy (non-hydrogen) atoms. The number of nitrogens with zero attached hydrogens (tertiary/aromatic N) is 1. The quantitative estimate of drug-likeness (QED) is 0.703. The third-order valence-corrected chi connectivity index (χ3v) is 3.48. The highest BCUT2D eigenvalue weighted by molar-refractivity contribution is 5.20. The predicted octanol–water partition coefficient (Wildman–Crippen LogP) is 4.59. The van der Waals surface area contributed by atoms with Gasteiger partial charge in [0.1, 0.15) is 0 Å². The Hall–Kier alpha value is -1.33. The van der Waals surface area contributed by atoms with E-state index < -0.39 is 0 Å². The highest BCUT2D eigenvalue weighted by Gasteiger charge is 2.15. The van der Waals surface area contributed by atoms with Crippen molar-refractivity contribution in [1.29, 1.82) is 5.26 Å². The van der Waals surface area contributed by atoms with Gasteiger partial charge in [0.15, 0.2) is 0 Å². The minimum absolute atomic E-state index is 0.166. The van der Waals surface area contributed by atoms with Gasteiger partial charge >= 0.3 is 0 Å². The number of nitrogens with one attached hydrogen (secondary N) is 1. The molecule has 2 atom stereocenters. The monoisotopic (exact) mass is 258 g/mol. The smallest absolute Gasteiger partial charge is 0.0641 e. The number of hydrogen-bond donors (Lipinski definition) is 1. The summed E-state index contributed by atoms with van der Waals surface area (Å²) in [6.45, 7) is 4.45. The van der Waals surface area contributed by atoms with Gasteiger partial charge in [-0.15, -0.1) is 0 Å². The van der Waals surface area contributed by atoms with Crippen molar-refractivity contribution in [3.63, 3.8) is 0 Å². The minimum atomic E-state index is 0.166. The lowest BCUT2D eigenvalue weighted by atomic mass is 9.99. The molecular formula is C17H26N2. The van der Waals surface area contributed by atoms with Crippen LogP contribution in [-0.2, 0) is 0 Å². The predicted molar refractivity (Wildman–Crippen MR) is 80.8 cm³/mol. The number of nitriles is 1. The third-order valence-electron chi connectivity index (χ3n) is 3.48. The van der Waals surface area contributed by atoms with Gasteiger partial charge in [-0.25, -0.2) is 0 Å². The van der Waals surface area contributed by atoms with Crippen molar-refractivity contribution in [3.8, 4) is 6.07 Å². The maximum atomic E-state index is 9.03. The van der Waals surface area contributed by atoms with Crippen molar-refractivity contribution in [1.82, 2.24) is 5.32 Å². The largest absolute Gasteiger partial charge is 0.306 e. The summed E-state index contributed by atoms with van der Waals surface area (Å²) in [4.78, 5) is 0. The second-order valence-corrected chi connectivity index (χ2v) is 5.12. The zero-order chi connectivity index (χ0) is 13.9. The van der Waals surface area contributed by atoms with Gasteiger partial charge in [-0.1, -0.05) is 63.4 Å². The Bertz CT molecular complexity index is 367. The summed E-state index contributed by atoms with van der Waals surface area (Å²) in [7, 11) is 0. The SMILES string of the molecule is CCCCC(CCC)NC(CC#N)c1ccccc1. The first-order valence-corrected chi connectivity index (χ1v) is 7.49. The normalized spacial score (nSPS) is 13.7. The zero-order valence-electron chi connectivity index (χ0n) is 12.2. The number of rotatable bonds is 9. The third kappa shape index (κ3) is 5.89. The van der Waals surface area contributed by atoms with Crippen LogP contribution in [0.2, 0.25) is 0 Å². The molecule has 0 radical (unpaired) electrons. The summed E-state index contributed by atoms with van der Waals surface area (Å²) in [5.74, 6) is 0. The van der Waals surface area contributed by atoms with E-state index in [1.54, 1.807) is 0 Å². The number of benzene rings is 1. The maximum Gasteiger partial charge on any atom is 0.0641 e. The second kappa shape index (κ2) is 9.58. The van der Waals surface area contributed by atoms with Gasteiger partial charge in [0.25, 0.3) is 0 Å². The van der Waals surface area contributed by atoms with Gasteiger partial charge in [0.05, 0.1) is 12.5 Å². The van der Waals surface area contributed by atoms with Crippen LogP contribution in [-0.4, -0.2) is 6.04 Å². The molecule has 0 bridgehead atoms. The molecule has 0 saturated carbocycles. The molecular weight excluding hydrogens is 232 g/mol. The van der Waals surface area contributed by atoms with Crippen LogP contribution >= 0.6 is 0 Å². The topological polar surface area (TPSA) is 35.8 Å². The van der Waals surface area contributed by atoms with E-state index in [2.05, 4.69) is 37.4 Å². The van der Waals surface area contributed by atoms with Gasteiger partial charge < -0.3 is 5.32 Å². The molecule has 0 aliphatic carbocycles. The van der Waals surface area contributed by atoms with Crippen molar-refractivity contribution < 1.29 is 0 Å². The molecule has 104 valence electrons. The van der Waals surface area contributed by atoms with Crippen LogP contribution < -0.4 is 5.32 Å². The van der Waals surface area contributed by atoms with Crippen LogP contribution in [0.3, 0.4) is 0 Å². The lowest BCUT2D eigenvalue weighted by Crippen LogP contribution is -2.32. The Morgan fingerprint density at radius 2 is 1.84 bits per heavy atom. The molecule has 0 aliphatic heterocycles. The molecule has 2 heteroatoms. The van der Waals surface area contributed by atoms with Crippen LogP contribution in [0.25, 0.3) is 0 Å². The Labute approximate surface area is 117 Å². The van der Waals surface area contributed by atoms with Crippen molar-refractivity contribution in [3.05, 3.63) is 35.9 Å². The number of unbranched alkanes of at least 4 members (excludes halogenated alkanes) is 1. The van der Waals surface area contributed by atoms with E-state index in [4.69, 9.17) is 5.26 Å². The molecule has 1 N–H and O–H groups in total. The summed E-state index contributed by atoms with van der Waals surface area (Å²) in [5.41, 5.74) is 1.22. The molecule has 1 aromatic carbocycles. The molecule has 2 nitrogen and oxygen atoms in total. The minimum Gasteiger partial charge on any atom is -0.306 e. The molecule has 2 unspecified atom stereocenters. The van der Waals surface area contributed by atoms with E-state index in [1.807, 2.05) is 18.2 Å². The van der Waals surface area contributed by atoms with Gasteiger partial charge in [-0.2, -0.15) is 5.26 Å². The average Bonchev–Trinajstić information content (AvgIpc) is 2.45. The van der Waals surface area contributed by atoms with Crippen LogP contribution in [0.1, 0.15) is 64.0 Å². The molecule has 0 saturated heterocycles. The second-order valence-electron chi connectivity index (χ2n) is 5.12. The highest BCUT2D eigenvalue weighted by atomic mass is 14.9. The molecule has 0 amide bonds. The molecule has 1 aromatic rings. The van der Waals surface area contributed by atoms with Crippen LogP contribution in [0.15, 0.2) is 30.3 Å². The fourth-order valence-corrected chi connectivity index (χ4v) is 2.44. The van der Waals surface area contributed by atoms with Gasteiger partial charge in [0, 0.05) is 12.1 Å². The van der Waals surface area contributed by atoms with Gasteiger partial charge in [-0.3, -0.25) is 0 Å². The number of hydrogen-bond acceptors (Lipinski definition) is 2. The molecule has 0 aromatic heterocycles. The van der Waals surface area contributed by atoms with E-state index in [9.17, 15) is 0 Å². The molecule has 0 fully saturated rings. The summed E-state index contributed by atoms with van der Waals surface area (Å²) >= 11 is 0. The lowest BCUT2D eigenvalue weighted by molar-refractivity contribution is 0.385.